The summed E-state index contributed by atoms with van der Waals surface area (Å²) in [4.78, 5) is 13.9. The fourth-order valence-electron chi connectivity index (χ4n) is 2.28. The van der Waals surface area contributed by atoms with Crippen molar-refractivity contribution in [2.24, 2.45) is 5.73 Å². The Hall–Kier alpha value is -1.37. The average molecular weight is 253 g/mol. The summed E-state index contributed by atoms with van der Waals surface area (Å²) in [7, 11) is 1.62. The van der Waals surface area contributed by atoms with Crippen molar-refractivity contribution in [3.63, 3.8) is 0 Å². The zero-order chi connectivity index (χ0) is 13.0. The molecule has 1 aliphatic rings. The highest BCUT2D eigenvalue weighted by Gasteiger charge is 2.34. The van der Waals surface area contributed by atoms with E-state index >= 15 is 0 Å². The van der Waals surface area contributed by atoms with Crippen LogP contribution in [0.4, 0.5) is 0 Å². The summed E-state index contributed by atoms with van der Waals surface area (Å²) in [6.07, 6.45) is 1.62. The molecule has 2 heterocycles. The summed E-state index contributed by atoms with van der Waals surface area (Å²) in [5.74, 6) is 0.730. The van der Waals surface area contributed by atoms with E-state index in [4.69, 9.17) is 14.9 Å². The Bertz CT molecular complexity index is 380. The van der Waals surface area contributed by atoms with Crippen LogP contribution in [-0.2, 0) is 9.53 Å². The predicted octanol–water partition coefficient (Wildman–Crippen LogP) is -0.274. The fourth-order valence-corrected chi connectivity index (χ4v) is 2.28. The van der Waals surface area contributed by atoms with Crippen molar-refractivity contribution in [3.05, 3.63) is 24.2 Å². The summed E-state index contributed by atoms with van der Waals surface area (Å²) in [5.41, 5.74) is 5.82. The second kappa shape index (κ2) is 5.99. The van der Waals surface area contributed by atoms with Gasteiger partial charge in [0.2, 0.25) is 5.91 Å². The Morgan fingerprint density at radius 3 is 3.17 bits per heavy atom. The highest BCUT2D eigenvalue weighted by atomic mass is 16.5. The number of nitrogens with zero attached hydrogens (tertiary/aromatic N) is 1. The van der Waals surface area contributed by atoms with Crippen molar-refractivity contribution in [1.82, 2.24) is 10.2 Å². The standard InChI is InChI=1S/C12H19N3O3/c1-14-12(16)10-8-17-6-4-15(10)9(7-13)11-3-2-5-18-11/h2-3,5,9-10H,4,6-8,13H2,1H3,(H,14,16). The van der Waals surface area contributed by atoms with E-state index in [2.05, 4.69) is 5.32 Å². The van der Waals surface area contributed by atoms with Gasteiger partial charge >= 0.3 is 0 Å². The van der Waals surface area contributed by atoms with Gasteiger partial charge < -0.3 is 20.2 Å². The molecule has 0 bridgehead atoms. The second-order valence-electron chi connectivity index (χ2n) is 4.21. The molecule has 2 unspecified atom stereocenters. The van der Waals surface area contributed by atoms with Gasteiger partial charge in [-0.3, -0.25) is 9.69 Å². The number of nitrogens with two attached hydrogens (primary N) is 1. The molecule has 1 amide bonds. The van der Waals surface area contributed by atoms with Crippen molar-refractivity contribution < 1.29 is 13.9 Å². The fraction of sp³-hybridized carbons (Fsp3) is 0.583. The van der Waals surface area contributed by atoms with Gasteiger partial charge in [0.1, 0.15) is 11.8 Å². The molecule has 2 rings (SSSR count). The molecule has 100 valence electrons. The van der Waals surface area contributed by atoms with E-state index in [1.165, 1.54) is 0 Å². The minimum absolute atomic E-state index is 0.0558. The zero-order valence-corrected chi connectivity index (χ0v) is 10.5. The van der Waals surface area contributed by atoms with Crippen LogP contribution in [0.2, 0.25) is 0 Å². The van der Waals surface area contributed by atoms with Crippen LogP contribution < -0.4 is 11.1 Å². The molecule has 18 heavy (non-hydrogen) atoms. The zero-order valence-electron chi connectivity index (χ0n) is 10.5. The molecule has 2 atom stereocenters. The van der Waals surface area contributed by atoms with Gasteiger partial charge in [0.25, 0.3) is 0 Å². The van der Waals surface area contributed by atoms with E-state index in [-0.39, 0.29) is 18.0 Å². The van der Waals surface area contributed by atoms with Crippen LogP contribution in [0.5, 0.6) is 0 Å². The lowest BCUT2D eigenvalue weighted by Gasteiger charge is -2.38. The normalized spacial score (nSPS) is 22.7. The Kier molecular flexibility index (Phi) is 4.35. The van der Waals surface area contributed by atoms with E-state index in [1.54, 1.807) is 13.3 Å². The number of furan rings is 1. The molecule has 0 aromatic carbocycles. The van der Waals surface area contributed by atoms with E-state index in [0.717, 1.165) is 5.76 Å². The summed E-state index contributed by atoms with van der Waals surface area (Å²) >= 11 is 0. The molecule has 0 spiro atoms. The van der Waals surface area contributed by atoms with Gasteiger partial charge in [-0.2, -0.15) is 0 Å². The smallest absolute Gasteiger partial charge is 0.239 e. The summed E-state index contributed by atoms with van der Waals surface area (Å²) < 4.78 is 10.8. The number of hydrogen-bond donors (Lipinski definition) is 2. The van der Waals surface area contributed by atoms with Crippen molar-refractivity contribution in [2.75, 3.05) is 33.4 Å². The third-order valence-electron chi connectivity index (χ3n) is 3.21. The monoisotopic (exact) mass is 253 g/mol. The minimum atomic E-state index is -0.317. The van der Waals surface area contributed by atoms with Crippen LogP contribution in [0.25, 0.3) is 0 Å². The maximum Gasteiger partial charge on any atom is 0.239 e. The van der Waals surface area contributed by atoms with Gasteiger partial charge in [0, 0.05) is 20.1 Å². The first-order valence-corrected chi connectivity index (χ1v) is 6.06. The van der Waals surface area contributed by atoms with Gasteiger partial charge in [-0.1, -0.05) is 0 Å². The lowest BCUT2D eigenvalue weighted by atomic mass is 10.1. The van der Waals surface area contributed by atoms with Crippen molar-refractivity contribution in [1.29, 1.82) is 0 Å². The highest BCUT2D eigenvalue weighted by Crippen LogP contribution is 2.24. The third-order valence-corrected chi connectivity index (χ3v) is 3.21. The van der Waals surface area contributed by atoms with E-state index < -0.39 is 0 Å². The molecular weight excluding hydrogens is 234 g/mol. The number of morpholine rings is 1. The number of carbonyl (C=O) groups excluding carboxylic acids is 1. The number of amides is 1. The van der Waals surface area contributed by atoms with Gasteiger partial charge in [-0.15, -0.1) is 0 Å². The van der Waals surface area contributed by atoms with Crippen LogP contribution in [0.3, 0.4) is 0 Å². The molecule has 1 aliphatic heterocycles. The Morgan fingerprint density at radius 2 is 2.56 bits per heavy atom. The Labute approximate surface area is 106 Å². The lowest BCUT2D eigenvalue weighted by molar-refractivity contribution is -0.134. The number of carbonyl (C=O) groups is 1. The molecular formula is C12H19N3O3. The van der Waals surface area contributed by atoms with Gasteiger partial charge in [0.05, 0.1) is 25.5 Å². The molecule has 1 saturated heterocycles. The first-order chi connectivity index (χ1) is 8.77. The van der Waals surface area contributed by atoms with Crippen LogP contribution in [0.15, 0.2) is 22.8 Å². The van der Waals surface area contributed by atoms with Gasteiger partial charge in [-0.05, 0) is 12.1 Å². The van der Waals surface area contributed by atoms with Crippen molar-refractivity contribution in [2.45, 2.75) is 12.1 Å². The summed E-state index contributed by atoms with van der Waals surface area (Å²) in [5, 5.41) is 2.66. The van der Waals surface area contributed by atoms with Crippen LogP contribution in [0.1, 0.15) is 11.8 Å². The number of rotatable bonds is 4. The quantitative estimate of drug-likeness (QED) is 0.772. The average Bonchev–Trinajstić information content (AvgIpc) is 2.93. The molecule has 1 aromatic heterocycles. The molecule has 0 aliphatic carbocycles. The maximum absolute atomic E-state index is 11.9. The molecule has 0 saturated carbocycles. The first-order valence-electron chi connectivity index (χ1n) is 6.06. The van der Waals surface area contributed by atoms with Gasteiger partial charge in [0.15, 0.2) is 0 Å². The highest BCUT2D eigenvalue weighted by molar-refractivity contribution is 5.81. The Morgan fingerprint density at radius 1 is 1.72 bits per heavy atom. The van der Waals surface area contributed by atoms with Crippen molar-refractivity contribution >= 4 is 5.91 Å². The molecule has 3 N–H and O–H groups in total. The molecule has 6 nitrogen and oxygen atoms in total. The van der Waals surface area contributed by atoms with Crippen LogP contribution >= 0.6 is 0 Å². The Balaban J connectivity index is 2.19. The maximum atomic E-state index is 11.9. The summed E-state index contributed by atoms with van der Waals surface area (Å²) in [6, 6.07) is 3.30. The van der Waals surface area contributed by atoms with Crippen LogP contribution in [0, 0.1) is 0 Å². The molecule has 0 radical (unpaired) electrons. The molecule has 6 heteroatoms. The minimum Gasteiger partial charge on any atom is -0.468 e. The second-order valence-corrected chi connectivity index (χ2v) is 4.21. The number of ether oxygens (including phenoxy) is 1. The topological polar surface area (TPSA) is 80.7 Å². The third kappa shape index (κ3) is 2.55. The van der Waals surface area contributed by atoms with E-state index in [9.17, 15) is 4.79 Å². The molecule has 1 aromatic rings. The number of hydrogen-bond acceptors (Lipinski definition) is 5. The van der Waals surface area contributed by atoms with E-state index in [0.29, 0.717) is 26.3 Å². The van der Waals surface area contributed by atoms with Crippen molar-refractivity contribution in [3.8, 4) is 0 Å². The lowest BCUT2D eigenvalue weighted by Crippen LogP contribution is -2.55. The molecule has 1 fully saturated rings. The van der Waals surface area contributed by atoms with Gasteiger partial charge in [-0.25, -0.2) is 0 Å². The SMILES string of the molecule is CNC(=O)C1COCCN1C(CN)c1ccco1. The summed E-state index contributed by atoms with van der Waals surface area (Å²) in [6.45, 7) is 2.06. The van der Waals surface area contributed by atoms with Crippen LogP contribution in [-0.4, -0.2) is 50.2 Å². The number of nitrogens with one attached hydrogen (secondary N) is 1. The number of likely N-dealkylation sites (N-methyl/N-ethyl adjacent to an activating group) is 1. The van der Waals surface area contributed by atoms with E-state index in [1.807, 2.05) is 17.0 Å². The predicted molar refractivity (Wildman–Crippen MR) is 65.9 cm³/mol. The first kappa shape index (κ1) is 13.1. The largest absolute Gasteiger partial charge is 0.468 e.